The smallest absolute Gasteiger partial charge is 0.550 e. The fraction of sp³-hybridized carbons (Fsp3) is 0.200. The molecule has 1 aromatic rings. The Kier molecular flexibility index (Phi) is 9.86. The summed E-state index contributed by atoms with van der Waals surface area (Å²) < 4.78 is 0. The van der Waals surface area contributed by atoms with Crippen molar-refractivity contribution in [1.29, 1.82) is 0 Å². The SMILES string of the molecule is O=C([O-])CC(C(=O)[O-])c1ccccc1.[Ag+].[Ag+]. The molecule has 0 radical (unpaired) electrons. The maximum Gasteiger partial charge on any atom is 1.00 e. The van der Waals surface area contributed by atoms with Crippen LogP contribution in [0.1, 0.15) is 17.9 Å². The zero-order chi connectivity index (χ0) is 10.6. The van der Waals surface area contributed by atoms with Crippen LogP contribution < -0.4 is 10.2 Å². The molecule has 6 heteroatoms. The number of carboxylic acid groups (broad SMARTS) is 2. The second-order valence-corrected chi connectivity index (χ2v) is 2.86. The van der Waals surface area contributed by atoms with Gasteiger partial charge in [0, 0.05) is 17.9 Å². The molecule has 1 unspecified atom stereocenters. The molecule has 0 spiro atoms. The fourth-order valence-corrected chi connectivity index (χ4v) is 1.19. The molecule has 0 heterocycles. The van der Waals surface area contributed by atoms with E-state index >= 15 is 0 Å². The van der Waals surface area contributed by atoms with E-state index < -0.39 is 24.3 Å². The Morgan fingerprint density at radius 1 is 1.06 bits per heavy atom. The van der Waals surface area contributed by atoms with E-state index in [1.807, 2.05) is 0 Å². The van der Waals surface area contributed by atoms with Crippen molar-refractivity contribution in [3.63, 3.8) is 0 Å². The monoisotopic (exact) mass is 406 g/mol. The van der Waals surface area contributed by atoms with E-state index in [-0.39, 0.29) is 44.8 Å². The molecule has 0 saturated heterocycles. The van der Waals surface area contributed by atoms with Gasteiger partial charge in [-0.05, 0) is 12.0 Å². The van der Waals surface area contributed by atoms with Crippen molar-refractivity contribution in [1.82, 2.24) is 0 Å². The number of hydrogen-bond acceptors (Lipinski definition) is 4. The van der Waals surface area contributed by atoms with Crippen LogP contribution in [0.2, 0.25) is 0 Å². The molecule has 4 nitrogen and oxygen atoms in total. The Hall–Kier alpha value is -0.359. The molecule has 0 bridgehead atoms. The largest absolute Gasteiger partial charge is 1.00 e. The fourth-order valence-electron chi connectivity index (χ4n) is 1.19. The first-order chi connectivity index (χ1) is 6.61. The summed E-state index contributed by atoms with van der Waals surface area (Å²) in [6.07, 6.45) is -0.563. The second-order valence-electron chi connectivity index (χ2n) is 2.86. The van der Waals surface area contributed by atoms with E-state index in [0.717, 1.165) is 0 Å². The van der Waals surface area contributed by atoms with Gasteiger partial charge >= 0.3 is 44.8 Å². The van der Waals surface area contributed by atoms with Crippen molar-refractivity contribution in [2.45, 2.75) is 12.3 Å². The van der Waals surface area contributed by atoms with Crippen LogP contribution in [0.5, 0.6) is 0 Å². The van der Waals surface area contributed by atoms with Gasteiger partial charge in [0.25, 0.3) is 0 Å². The van der Waals surface area contributed by atoms with Gasteiger partial charge in [0.15, 0.2) is 0 Å². The molecule has 0 N–H and O–H groups in total. The van der Waals surface area contributed by atoms with Crippen LogP contribution in [0.15, 0.2) is 30.3 Å². The van der Waals surface area contributed by atoms with Crippen LogP contribution in [-0.4, -0.2) is 11.9 Å². The van der Waals surface area contributed by atoms with E-state index in [2.05, 4.69) is 0 Å². The summed E-state index contributed by atoms with van der Waals surface area (Å²) in [6.45, 7) is 0. The molecule has 94 valence electrons. The Balaban J connectivity index is 0. The maximum atomic E-state index is 10.6. The van der Waals surface area contributed by atoms with Crippen LogP contribution in [0.25, 0.3) is 0 Å². The molecule has 0 fully saturated rings. The third-order valence-electron chi connectivity index (χ3n) is 1.86. The summed E-state index contributed by atoms with van der Waals surface area (Å²) in [5, 5.41) is 20.9. The minimum atomic E-state index is -1.40. The zero-order valence-corrected chi connectivity index (χ0v) is 10.9. The molecule has 0 aliphatic rings. The Labute approximate surface area is 124 Å². The third-order valence-corrected chi connectivity index (χ3v) is 1.86. The average Bonchev–Trinajstić information content (AvgIpc) is 2.15. The van der Waals surface area contributed by atoms with Crippen molar-refractivity contribution < 1.29 is 64.6 Å². The van der Waals surface area contributed by atoms with Gasteiger partial charge in [0.2, 0.25) is 0 Å². The van der Waals surface area contributed by atoms with Gasteiger partial charge in [-0.15, -0.1) is 0 Å². The first kappa shape index (κ1) is 18.0. The van der Waals surface area contributed by atoms with Crippen LogP contribution in [0.4, 0.5) is 0 Å². The quantitative estimate of drug-likeness (QED) is 0.578. The normalized spacial score (nSPS) is 10.5. The van der Waals surface area contributed by atoms with Crippen LogP contribution in [0, 0.1) is 0 Å². The van der Waals surface area contributed by atoms with Crippen molar-refractivity contribution in [2.24, 2.45) is 0 Å². The molecule has 0 aromatic heterocycles. The summed E-state index contributed by atoms with van der Waals surface area (Å²) in [7, 11) is 0. The Morgan fingerprint density at radius 3 is 1.94 bits per heavy atom. The van der Waals surface area contributed by atoms with Gasteiger partial charge in [-0.1, -0.05) is 30.3 Å². The zero-order valence-electron chi connectivity index (χ0n) is 7.91. The van der Waals surface area contributed by atoms with E-state index in [1.54, 1.807) is 30.3 Å². The van der Waals surface area contributed by atoms with E-state index in [0.29, 0.717) is 5.56 Å². The molecular formula is C10H8Ag2O4. The molecule has 1 atom stereocenters. The first-order valence-electron chi connectivity index (χ1n) is 4.07. The van der Waals surface area contributed by atoms with Crippen molar-refractivity contribution >= 4 is 11.9 Å². The molecule has 16 heavy (non-hydrogen) atoms. The van der Waals surface area contributed by atoms with Gasteiger partial charge in [-0.3, -0.25) is 0 Å². The summed E-state index contributed by atoms with van der Waals surface area (Å²) in [4.78, 5) is 20.9. The molecule has 0 amide bonds. The topological polar surface area (TPSA) is 80.3 Å². The maximum absolute atomic E-state index is 10.6. The standard InChI is InChI=1S/C10H10O4.2Ag/c11-9(12)6-8(10(13)14)7-4-2-1-3-5-7;;/h1-5,8H,6H2,(H,11,12)(H,13,14);;/q;2*+1/p-2. The van der Waals surface area contributed by atoms with Crippen molar-refractivity contribution in [3.05, 3.63) is 35.9 Å². The second kappa shape index (κ2) is 8.75. The number of aliphatic carboxylic acids is 2. The number of rotatable bonds is 4. The van der Waals surface area contributed by atoms with Gasteiger partial charge in [0.05, 0.1) is 0 Å². The molecule has 0 aliphatic heterocycles. The number of carbonyl (C=O) groups excluding carboxylic acids is 2. The van der Waals surface area contributed by atoms with Crippen molar-refractivity contribution in [3.8, 4) is 0 Å². The summed E-state index contributed by atoms with van der Waals surface area (Å²) in [6, 6.07) is 8.09. The van der Waals surface area contributed by atoms with E-state index in [4.69, 9.17) is 0 Å². The third kappa shape index (κ3) is 5.65. The molecule has 0 saturated carbocycles. The number of benzene rings is 1. The molecule has 1 aromatic carbocycles. The predicted molar refractivity (Wildman–Crippen MR) is 43.8 cm³/mol. The molecular weight excluding hydrogens is 400 g/mol. The minimum Gasteiger partial charge on any atom is -0.550 e. The van der Waals surface area contributed by atoms with Crippen LogP contribution in [0.3, 0.4) is 0 Å². The average molecular weight is 408 g/mol. The summed E-state index contributed by atoms with van der Waals surface area (Å²) >= 11 is 0. The molecule has 1 rings (SSSR count). The summed E-state index contributed by atoms with van der Waals surface area (Å²) in [5.74, 6) is -3.94. The van der Waals surface area contributed by atoms with Crippen LogP contribution in [-0.2, 0) is 54.3 Å². The van der Waals surface area contributed by atoms with E-state index in [1.165, 1.54) is 0 Å². The van der Waals surface area contributed by atoms with Crippen molar-refractivity contribution in [2.75, 3.05) is 0 Å². The minimum absolute atomic E-state index is 0. The van der Waals surface area contributed by atoms with Gasteiger partial charge in [-0.2, -0.15) is 0 Å². The van der Waals surface area contributed by atoms with Gasteiger partial charge in [-0.25, -0.2) is 0 Å². The van der Waals surface area contributed by atoms with Gasteiger partial charge < -0.3 is 19.8 Å². The van der Waals surface area contributed by atoms with Crippen LogP contribution >= 0.6 is 0 Å². The molecule has 0 aliphatic carbocycles. The van der Waals surface area contributed by atoms with E-state index in [9.17, 15) is 19.8 Å². The Morgan fingerprint density at radius 2 is 1.56 bits per heavy atom. The Bertz CT molecular complexity index is 340. The number of carbonyl (C=O) groups is 2. The number of carboxylic acids is 2. The summed E-state index contributed by atoms with van der Waals surface area (Å²) in [5.41, 5.74) is 0.414. The first-order valence-corrected chi connectivity index (χ1v) is 4.07. The van der Waals surface area contributed by atoms with Gasteiger partial charge in [0.1, 0.15) is 0 Å². The predicted octanol–water partition coefficient (Wildman–Crippen LogP) is -1.34. The number of hydrogen-bond donors (Lipinski definition) is 0.